The van der Waals surface area contributed by atoms with Crippen LogP contribution >= 0.6 is 0 Å². The summed E-state index contributed by atoms with van der Waals surface area (Å²) < 4.78 is 10.7. The zero-order valence-corrected chi connectivity index (χ0v) is 10.3. The molecule has 0 aliphatic rings. The highest BCUT2D eigenvalue weighted by Gasteiger charge is 2.14. The fourth-order valence-electron chi connectivity index (χ4n) is 1.03. The molecule has 3 heteroatoms. The number of hydrogen-bond donors (Lipinski definition) is 1. The van der Waals surface area contributed by atoms with Gasteiger partial charge in [0.2, 0.25) is 0 Å². The maximum absolute atomic E-state index is 5.37. The second-order valence-electron chi connectivity index (χ2n) is 4.15. The molecule has 0 fully saturated rings. The smallest absolute Gasteiger partial charge is 0.0634 e. The molecule has 0 aromatic heterocycles. The molecule has 0 amide bonds. The van der Waals surface area contributed by atoms with Crippen molar-refractivity contribution in [3.63, 3.8) is 0 Å². The van der Waals surface area contributed by atoms with Crippen molar-refractivity contribution in [3.05, 3.63) is 12.7 Å². The summed E-state index contributed by atoms with van der Waals surface area (Å²) in [6.45, 7) is 11.2. The molecule has 0 aliphatic heterocycles. The quantitative estimate of drug-likeness (QED) is 0.446. The zero-order chi connectivity index (χ0) is 11.6. The van der Waals surface area contributed by atoms with Crippen LogP contribution in [0.3, 0.4) is 0 Å². The van der Waals surface area contributed by atoms with Crippen LogP contribution in [0, 0.1) is 0 Å². The molecule has 0 radical (unpaired) electrons. The van der Waals surface area contributed by atoms with Crippen LogP contribution in [0.1, 0.15) is 26.7 Å². The third kappa shape index (κ3) is 9.91. The van der Waals surface area contributed by atoms with Gasteiger partial charge in [-0.15, -0.1) is 6.58 Å². The van der Waals surface area contributed by atoms with Gasteiger partial charge in [-0.25, -0.2) is 0 Å². The first-order chi connectivity index (χ1) is 7.12. The summed E-state index contributed by atoms with van der Waals surface area (Å²) in [5.74, 6) is 0. The molecule has 15 heavy (non-hydrogen) atoms. The van der Waals surface area contributed by atoms with E-state index in [1.807, 2.05) is 6.08 Å². The molecular formula is C12H25NO2. The minimum absolute atomic E-state index is 0.0311. The molecule has 90 valence electrons. The molecule has 0 saturated carbocycles. The summed E-state index contributed by atoms with van der Waals surface area (Å²) in [4.78, 5) is 0. The van der Waals surface area contributed by atoms with E-state index < -0.39 is 0 Å². The van der Waals surface area contributed by atoms with Crippen LogP contribution in [0.5, 0.6) is 0 Å². The predicted octanol–water partition coefficient (Wildman–Crippen LogP) is 1.98. The molecular weight excluding hydrogens is 190 g/mol. The highest BCUT2D eigenvalue weighted by Crippen LogP contribution is 2.10. The van der Waals surface area contributed by atoms with E-state index in [0.717, 1.165) is 39.1 Å². The van der Waals surface area contributed by atoms with Crippen molar-refractivity contribution in [1.82, 2.24) is 5.32 Å². The van der Waals surface area contributed by atoms with Gasteiger partial charge in [0.25, 0.3) is 0 Å². The Bertz CT molecular complexity index is 158. The molecule has 0 heterocycles. The summed E-state index contributed by atoms with van der Waals surface area (Å²) in [5, 5.41) is 3.32. The van der Waals surface area contributed by atoms with E-state index in [2.05, 4.69) is 25.7 Å². The van der Waals surface area contributed by atoms with Gasteiger partial charge in [-0.3, -0.25) is 0 Å². The van der Waals surface area contributed by atoms with E-state index in [9.17, 15) is 0 Å². The number of hydrogen-bond acceptors (Lipinski definition) is 3. The van der Waals surface area contributed by atoms with Crippen molar-refractivity contribution in [2.75, 3.05) is 33.4 Å². The summed E-state index contributed by atoms with van der Waals surface area (Å²) in [6, 6.07) is 0. The Morgan fingerprint density at radius 3 is 2.60 bits per heavy atom. The maximum atomic E-state index is 5.37. The van der Waals surface area contributed by atoms with E-state index in [1.54, 1.807) is 7.11 Å². The largest absolute Gasteiger partial charge is 0.380 e. The molecule has 0 bridgehead atoms. The van der Waals surface area contributed by atoms with Gasteiger partial charge in [-0.2, -0.15) is 0 Å². The van der Waals surface area contributed by atoms with Gasteiger partial charge in [0.1, 0.15) is 0 Å². The van der Waals surface area contributed by atoms with Gasteiger partial charge in [0.15, 0.2) is 0 Å². The standard InChI is InChI=1S/C12H25NO2/c1-5-6-10-15-11-9-13-8-7-12(2,3)14-4/h5,13H,1,6-11H2,2-4H3. The number of nitrogens with one attached hydrogen (secondary N) is 1. The fraction of sp³-hybridized carbons (Fsp3) is 0.833. The molecule has 1 N–H and O–H groups in total. The van der Waals surface area contributed by atoms with E-state index in [4.69, 9.17) is 9.47 Å². The van der Waals surface area contributed by atoms with Gasteiger partial charge in [0, 0.05) is 13.7 Å². The van der Waals surface area contributed by atoms with Crippen molar-refractivity contribution < 1.29 is 9.47 Å². The summed E-state index contributed by atoms with van der Waals surface area (Å²) in [5.41, 5.74) is -0.0311. The number of ether oxygens (including phenoxy) is 2. The lowest BCUT2D eigenvalue weighted by atomic mass is 10.1. The molecule has 0 rings (SSSR count). The molecule has 0 atom stereocenters. The Morgan fingerprint density at radius 1 is 1.27 bits per heavy atom. The molecule has 0 aromatic rings. The lowest BCUT2D eigenvalue weighted by Gasteiger charge is -2.22. The predicted molar refractivity (Wildman–Crippen MR) is 64.2 cm³/mol. The van der Waals surface area contributed by atoms with Crippen LogP contribution in [0.25, 0.3) is 0 Å². The lowest BCUT2D eigenvalue weighted by Crippen LogP contribution is -2.30. The average Bonchev–Trinajstić information content (AvgIpc) is 2.22. The summed E-state index contributed by atoms with van der Waals surface area (Å²) in [7, 11) is 1.75. The molecule has 0 aromatic carbocycles. The Labute approximate surface area is 93.8 Å². The molecule has 0 aliphatic carbocycles. The Kier molecular flexibility index (Phi) is 8.67. The summed E-state index contributed by atoms with van der Waals surface area (Å²) >= 11 is 0. The van der Waals surface area contributed by atoms with Crippen molar-refractivity contribution in [3.8, 4) is 0 Å². The molecule has 0 saturated heterocycles. The fourth-order valence-corrected chi connectivity index (χ4v) is 1.03. The normalized spacial score (nSPS) is 11.7. The molecule has 0 unspecified atom stereocenters. The number of rotatable bonds is 10. The van der Waals surface area contributed by atoms with Gasteiger partial charge in [0.05, 0.1) is 18.8 Å². The van der Waals surface area contributed by atoms with Crippen molar-refractivity contribution in [1.29, 1.82) is 0 Å². The van der Waals surface area contributed by atoms with Gasteiger partial charge >= 0.3 is 0 Å². The molecule has 3 nitrogen and oxygen atoms in total. The SMILES string of the molecule is C=CCCOCCNCCC(C)(C)OC. The van der Waals surface area contributed by atoms with Crippen LogP contribution in [0.4, 0.5) is 0 Å². The van der Waals surface area contributed by atoms with Crippen molar-refractivity contribution >= 4 is 0 Å². The maximum Gasteiger partial charge on any atom is 0.0634 e. The second kappa shape index (κ2) is 8.89. The van der Waals surface area contributed by atoms with Crippen molar-refractivity contribution in [2.45, 2.75) is 32.3 Å². The second-order valence-corrected chi connectivity index (χ2v) is 4.15. The third-order valence-corrected chi connectivity index (χ3v) is 2.35. The van der Waals surface area contributed by atoms with Crippen LogP contribution in [-0.2, 0) is 9.47 Å². The third-order valence-electron chi connectivity index (χ3n) is 2.35. The Morgan fingerprint density at radius 2 is 2.00 bits per heavy atom. The van der Waals surface area contributed by atoms with Gasteiger partial charge in [-0.1, -0.05) is 6.08 Å². The average molecular weight is 215 g/mol. The highest BCUT2D eigenvalue weighted by atomic mass is 16.5. The number of methoxy groups -OCH3 is 1. The highest BCUT2D eigenvalue weighted by molar-refractivity contribution is 4.68. The first kappa shape index (κ1) is 14.6. The van der Waals surface area contributed by atoms with E-state index in [1.165, 1.54) is 0 Å². The lowest BCUT2D eigenvalue weighted by molar-refractivity contribution is 0.0154. The van der Waals surface area contributed by atoms with Crippen molar-refractivity contribution in [2.24, 2.45) is 0 Å². The van der Waals surface area contributed by atoms with Gasteiger partial charge < -0.3 is 14.8 Å². The zero-order valence-electron chi connectivity index (χ0n) is 10.3. The monoisotopic (exact) mass is 215 g/mol. The minimum Gasteiger partial charge on any atom is -0.380 e. The topological polar surface area (TPSA) is 30.5 Å². The molecule has 0 spiro atoms. The van der Waals surface area contributed by atoms with Crippen LogP contribution in [0.15, 0.2) is 12.7 Å². The van der Waals surface area contributed by atoms with Crippen LogP contribution in [-0.4, -0.2) is 39.0 Å². The van der Waals surface area contributed by atoms with Gasteiger partial charge in [-0.05, 0) is 33.2 Å². The first-order valence-electron chi connectivity index (χ1n) is 5.57. The minimum atomic E-state index is -0.0311. The first-order valence-corrected chi connectivity index (χ1v) is 5.57. The Balaban J connectivity index is 3.14. The Hall–Kier alpha value is -0.380. The van der Waals surface area contributed by atoms with Crippen LogP contribution < -0.4 is 5.32 Å². The summed E-state index contributed by atoms with van der Waals surface area (Å²) in [6.07, 6.45) is 3.81. The van der Waals surface area contributed by atoms with E-state index in [-0.39, 0.29) is 5.60 Å². The van der Waals surface area contributed by atoms with Crippen LogP contribution in [0.2, 0.25) is 0 Å². The van der Waals surface area contributed by atoms with E-state index in [0.29, 0.717) is 0 Å². The van der Waals surface area contributed by atoms with E-state index >= 15 is 0 Å².